The van der Waals surface area contributed by atoms with Crippen LogP contribution in [0.2, 0.25) is 0 Å². The molecule has 0 spiro atoms. The normalized spacial score (nSPS) is 10.0. The number of thioether (sulfide) groups is 1. The van der Waals surface area contributed by atoms with Gasteiger partial charge in [-0.2, -0.15) is 0 Å². The monoisotopic (exact) mass is 226 g/mol. The van der Waals surface area contributed by atoms with Crippen LogP contribution in [-0.2, 0) is 0 Å². The Morgan fingerprint density at radius 1 is 1.86 bits per heavy atom. The highest BCUT2D eigenvalue weighted by Gasteiger charge is 1.74. The third-order valence-electron chi connectivity index (χ3n) is 0.321. The van der Waals surface area contributed by atoms with Gasteiger partial charge in [-0.15, -0.1) is 11.8 Å². The van der Waals surface area contributed by atoms with Crippen LogP contribution < -0.4 is 0 Å². The van der Waals surface area contributed by atoms with Gasteiger partial charge in [0.25, 0.3) is 0 Å². The summed E-state index contributed by atoms with van der Waals surface area (Å²) in [5, 5.41) is 2.00. The zero-order valence-electron chi connectivity index (χ0n) is 4.15. The minimum Gasteiger partial charge on any atom is -0.103 e. The Morgan fingerprint density at radius 2 is 2.43 bits per heavy atom. The van der Waals surface area contributed by atoms with Gasteiger partial charge in [0.2, 0.25) is 0 Å². The molecule has 0 saturated carbocycles. The molecule has 0 amide bonds. The predicted molar refractivity (Wildman–Crippen MR) is 45.6 cm³/mol. The summed E-state index contributed by atoms with van der Waals surface area (Å²) in [5.74, 6) is 0. The van der Waals surface area contributed by atoms with Crippen molar-refractivity contribution in [3.05, 3.63) is 21.0 Å². The first-order valence-electron chi connectivity index (χ1n) is 1.84. The van der Waals surface area contributed by atoms with Crippen molar-refractivity contribution in [2.45, 2.75) is 6.92 Å². The Balaban J connectivity index is 3.14. The maximum absolute atomic E-state index is 3.70. The molecule has 0 radical (unpaired) electrons. The van der Waals surface area contributed by atoms with E-state index in [1.165, 1.54) is 0 Å². The molecule has 0 aromatic heterocycles. The zero-order valence-corrected chi connectivity index (χ0v) is 7.12. The highest BCUT2D eigenvalue weighted by Crippen LogP contribution is 2.13. The van der Waals surface area contributed by atoms with Gasteiger partial charge in [0.15, 0.2) is 0 Å². The van der Waals surface area contributed by atoms with Crippen molar-refractivity contribution in [1.29, 1.82) is 0 Å². The Morgan fingerprint density at radius 3 is 2.57 bits per heavy atom. The maximum Gasteiger partial charge on any atom is -0.0167 e. The largest absolute Gasteiger partial charge is 0.103 e. The topological polar surface area (TPSA) is 0 Å². The van der Waals surface area contributed by atoms with Gasteiger partial charge in [0.05, 0.1) is 0 Å². The second-order valence-electron chi connectivity index (χ2n) is 1.08. The minimum absolute atomic E-state index is 1.13. The highest BCUT2D eigenvalue weighted by molar-refractivity contribution is 14.1. The van der Waals surface area contributed by atoms with Crippen LogP contribution in [0, 0.1) is 0 Å². The number of rotatable bonds is 2. The molecule has 2 heteroatoms. The molecule has 0 aromatic carbocycles. The summed E-state index contributed by atoms with van der Waals surface area (Å²) in [6.45, 7) is 5.69. The number of hydrogen-bond acceptors (Lipinski definition) is 1. The Bertz CT molecular complexity index is 86.1. The summed E-state index contributed by atoms with van der Waals surface area (Å²) in [7, 11) is 0. The summed E-state index contributed by atoms with van der Waals surface area (Å²) in [6.07, 6.45) is 0. The smallest absolute Gasteiger partial charge is 0.0167 e. The molecule has 0 atom stereocenters. The Hall–Kier alpha value is 0.560. The van der Waals surface area contributed by atoms with Crippen molar-refractivity contribution in [3.8, 4) is 0 Å². The molecular weight excluding hydrogens is 219 g/mol. The van der Waals surface area contributed by atoms with E-state index in [1.54, 1.807) is 11.8 Å². The minimum atomic E-state index is 1.13. The van der Waals surface area contributed by atoms with E-state index >= 15 is 0 Å². The van der Waals surface area contributed by atoms with Crippen molar-refractivity contribution in [1.82, 2.24) is 0 Å². The lowest BCUT2D eigenvalue weighted by Gasteiger charge is -1.83. The lowest BCUT2D eigenvalue weighted by molar-refractivity contribution is 1.74. The average molecular weight is 226 g/mol. The van der Waals surface area contributed by atoms with Crippen LogP contribution in [0.3, 0.4) is 0 Å². The van der Waals surface area contributed by atoms with Gasteiger partial charge in [-0.3, -0.25) is 0 Å². The molecule has 7 heavy (non-hydrogen) atoms. The van der Waals surface area contributed by atoms with Crippen LogP contribution in [0.4, 0.5) is 0 Å². The predicted octanol–water partition coefficient (Wildman–Crippen LogP) is 3.16. The summed E-state index contributed by atoms with van der Waals surface area (Å²) in [5.41, 5.74) is 0. The summed E-state index contributed by atoms with van der Waals surface area (Å²) >= 11 is 3.83. The third kappa shape index (κ3) is 6.56. The van der Waals surface area contributed by atoms with E-state index in [-0.39, 0.29) is 0 Å². The lowest BCUT2D eigenvalue weighted by atomic mass is 10.8. The van der Waals surface area contributed by atoms with Crippen LogP contribution >= 0.6 is 34.4 Å². The zero-order chi connectivity index (χ0) is 5.70. The maximum atomic E-state index is 3.70. The van der Waals surface area contributed by atoms with Gasteiger partial charge >= 0.3 is 0 Å². The quantitative estimate of drug-likeness (QED) is 0.651. The summed E-state index contributed by atoms with van der Waals surface area (Å²) < 4.78 is 1.97. The molecule has 0 fully saturated rings. The average Bonchev–Trinajstić information content (AvgIpc) is 1.61. The van der Waals surface area contributed by atoms with Crippen molar-refractivity contribution >= 4 is 34.4 Å². The molecule has 0 aromatic rings. The van der Waals surface area contributed by atoms with E-state index in [2.05, 4.69) is 29.2 Å². The van der Waals surface area contributed by atoms with Gasteiger partial charge in [-0.25, -0.2) is 0 Å². The first-order valence-corrected chi connectivity index (χ1v) is 3.97. The van der Waals surface area contributed by atoms with Crippen LogP contribution in [0.1, 0.15) is 6.92 Å². The molecule has 0 N–H and O–H groups in total. The molecular formula is C5H7IS. The van der Waals surface area contributed by atoms with E-state index < -0.39 is 0 Å². The summed E-state index contributed by atoms with van der Waals surface area (Å²) in [6, 6.07) is 0. The second-order valence-corrected chi connectivity index (χ2v) is 3.01. The van der Waals surface area contributed by atoms with Gasteiger partial charge < -0.3 is 0 Å². The third-order valence-corrected chi connectivity index (χ3v) is 1.84. The van der Waals surface area contributed by atoms with Crippen LogP contribution in [0.5, 0.6) is 0 Å². The molecule has 0 saturated heterocycles. The lowest BCUT2D eigenvalue weighted by Crippen LogP contribution is -1.50. The van der Waals surface area contributed by atoms with Gasteiger partial charge in [-0.1, -0.05) is 29.2 Å². The van der Waals surface area contributed by atoms with Gasteiger partial charge in [-0.05, 0) is 21.3 Å². The molecule has 0 aliphatic rings. The van der Waals surface area contributed by atoms with Crippen LogP contribution in [0.25, 0.3) is 0 Å². The van der Waals surface area contributed by atoms with Crippen molar-refractivity contribution < 1.29 is 0 Å². The van der Waals surface area contributed by atoms with Crippen LogP contribution in [0.15, 0.2) is 21.0 Å². The number of hydrogen-bond donors (Lipinski definition) is 0. The van der Waals surface area contributed by atoms with E-state index in [9.17, 15) is 0 Å². The van der Waals surface area contributed by atoms with E-state index in [0.29, 0.717) is 0 Å². The standard InChI is InChI=1S/C5H7IS/c1-5(2)7-4-3-6/h3-4H,1H2,2H3/b4-3-. The summed E-state index contributed by atoms with van der Waals surface area (Å²) in [4.78, 5) is 1.13. The van der Waals surface area contributed by atoms with Crippen molar-refractivity contribution in [2.24, 2.45) is 0 Å². The highest BCUT2D eigenvalue weighted by atomic mass is 127. The second kappa shape index (κ2) is 4.71. The fourth-order valence-electron chi connectivity index (χ4n) is 0.142. The molecule has 0 aliphatic carbocycles. The first-order chi connectivity index (χ1) is 3.27. The molecule has 0 nitrogen and oxygen atoms in total. The van der Waals surface area contributed by atoms with Crippen LogP contribution in [-0.4, -0.2) is 0 Å². The van der Waals surface area contributed by atoms with E-state index in [1.807, 2.05) is 16.4 Å². The molecule has 0 bridgehead atoms. The Kier molecular flexibility index (Phi) is 5.09. The molecule has 40 valence electrons. The first kappa shape index (κ1) is 7.56. The van der Waals surface area contributed by atoms with Crippen molar-refractivity contribution in [3.63, 3.8) is 0 Å². The van der Waals surface area contributed by atoms with E-state index in [4.69, 9.17) is 0 Å². The molecule has 0 aliphatic heterocycles. The van der Waals surface area contributed by atoms with Gasteiger partial charge in [0, 0.05) is 0 Å². The van der Waals surface area contributed by atoms with Gasteiger partial charge in [0.1, 0.15) is 0 Å². The molecule has 0 rings (SSSR count). The fraction of sp³-hybridized carbons (Fsp3) is 0.200. The SMILES string of the molecule is C=C(C)S/C=C\I. The number of halogens is 1. The fourth-order valence-corrected chi connectivity index (χ4v) is 0.866. The number of allylic oxidation sites excluding steroid dienone is 1. The molecule has 0 heterocycles. The molecule has 0 unspecified atom stereocenters. The Labute approximate surface area is 62.2 Å². The van der Waals surface area contributed by atoms with Crippen molar-refractivity contribution in [2.75, 3.05) is 0 Å². The van der Waals surface area contributed by atoms with E-state index in [0.717, 1.165) is 4.91 Å².